The lowest BCUT2D eigenvalue weighted by atomic mass is 9.93. The summed E-state index contributed by atoms with van der Waals surface area (Å²) in [6.07, 6.45) is -0.739. The molecule has 6 nitrogen and oxygen atoms in total. The molecule has 6 heteroatoms. The normalized spacial score (nSPS) is 22.1. The van der Waals surface area contributed by atoms with Crippen LogP contribution in [0.25, 0.3) is 0 Å². The van der Waals surface area contributed by atoms with E-state index in [1.165, 1.54) is 0 Å². The van der Waals surface area contributed by atoms with Crippen molar-refractivity contribution in [1.29, 1.82) is 0 Å². The molecule has 0 spiro atoms. The summed E-state index contributed by atoms with van der Waals surface area (Å²) in [5, 5.41) is 11.5. The van der Waals surface area contributed by atoms with Gasteiger partial charge in [0.05, 0.1) is 58.5 Å². The van der Waals surface area contributed by atoms with Crippen molar-refractivity contribution in [1.82, 2.24) is 0 Å². The molecule has 4 aromatic carbocycles. The fraction of sp³-hybridized carbons (Fsp3) is 0.351. The van der Waals surface area contributed by atoms with Crippen molar-refractivity contribution in [3.8, 4) is 5.75 Å². The smallest absolute Gasteiger partial charge is 0.118 e. The summed E-state index contributed by atoms with van der Waals surface area (Å²) in [5.41, 5.74) is 4.26. The van der Waals surface area contributed by atoms with E-state index in [0.717, 1.165) is 28.0 Å². The Morgan fingerprint density at radius 2 is 1.05 bits per heavy atom. The van der Waals surface area contributed by atoms with Gasteiger partial charge >= 0.3 is 0 Å². The average Bonchev–Trinajstić information content (AvgIpc) is 3.18. The summed E-state index contributed by atoms with van der Waals surface area (Å²) in [4.78, 5) is 0. The van der Waals surface area contributed by atoms with Crippen LogP contribution >= 0.6 is 0 Å². The Balaban J connectivity index is 1.39. The van der Waals surface area contributed by atoms with Crippen molar-refractivity contribution in [2.75, 3.05) is 13.7 Å². The van der Waals surface area contributed by atoms with Gasteiger partial charge < -0.3 is 28.8 Å². The second-order valence-corrected chi connectivity index (χ2v) is 11.0. The molecule has 0 unspecified atom stereocenters. The SMILES string of the molecule is COc1ccc(CO[C@H]2CC[C@@H](O)[C@@H](OCc3ccccc3)[C@H](OCc3ccccc3)[C@H]2COCc2ccccc2)cc1. The molecule has 0 amide bonds. The van der Waals surface area contributed by atoms with Crippen LogP contribution in [-0.2, 0) is 45.4 Å². The molecule has 0 bridgehead atoms. The van der Waals surface area contributed by atoms with Crippen molar-refractivity contribution in [3.63, 3.8) is 0 Å². The molecule has 4 aromatic rings. The van der Waals surface area contributed by atoms with Crippen LogP contribution in [0.3, 0.4) is 0 Å². The third-order valence-electron chi connectivity index (χ3n) is 7.97. The molecule has 1 N–H and O–H groups in total. The first-order valence-electron chi connectivity index (χ1n) is 15.0. The van der Waals surface area contributed by atoms with Crippen LogP contribution in [0.4, 0.5) is 0 Å². The molecule has 0 aromatic heterocycles. The van der Waals surface area contributed by atoms with Gasteiger partial charge in [-0.15, -0.1) is 0 Å². The Kier molecular flexibility index (Phi) is 11.8. The van der Waals surface area contributed by atoms with Gasteiger partial charge in [0.25, 0.3) is 0 Å². The van der Waals surface area contributed by atoms with Crippen molar-refractivity contribution in [2.45, 2.75) is 63.7 Å². The molecule has 0 radical (unpaired) electrons. The van der Waals surface area contributed by atoms with Gasteiger partial charge in [0.15, 0.2) is 0 Å². The van der Waals surface area contributed by atoms with E-state index in [2.05, 4.69) is 12.1 Å². The van der Waals surface area contributed by atoms with Crippen molar-refractivity contribution in [2.24, 2.45) is 5.92 Å². The molecule has 0 saturated heterocycles. The maximum Gasteiger partial charge on any atom is 0.118 e. The number of aliphatic hydroxyl groups excluding tert-OH is 1. The molecular weight excluding hydrogens is 540 g/mol. The number of rotatable bonds is 14. The van der Waals surface area contributed by atoms with Crippen LogP contribution in [0, 0.1) is 5.92 Å². The zero-order chi connectivity index (χ0) is 29.7. The summed E-state index contributed by atoms with van der Waals surface area (Å²) >= 11 is 0. The first-order chi connectivity index (χ1) is 21.2. The lowest BCUT2D eigenvalue weighted by Crippen LogP contribution is -2.47. The minimum atomic E-state index is -0.712. The third kappa shape index (κ3) is 9.23. The van der Waals surface area contributed by atoms with Crippen molar-refractivity contribution < 1.29 is 28.8 Å². The molecule has 1 fully saturated rings. The topological polar surface area (TPSA) is 66.4 Å². The predicted molar refractivity (Wildman–Crippen MR) is 166 cm³/mol. The fourth-order valence-electron chi connectivity index (χ4n) is 5.57. The van der Waals surface area contributed by atoms with E-state index >= 15 is 0 Å². The summed E-state index contributed by atoms with van der Waals surface area (Å²) in [6.45, 7) is 2.08. The molecule has 1 aliphatic rings. The van der Waals surface area contributed by atoms with E-state index in [9.17, 15) is 5.11 Å². The highest BCUT2D eigenvalue weighted by Crippen LogP contribution is 2.33. The molecule has 0 heterocycles. The Bertz CT molecular complexity index is 1320. The van der Waals surface area contributed by atoms with E-state index in [4.69, 9.17) is 23.7 Å². The van der Waals surface area contributed by atoms with E-state index in [-0.39, 0.29) is 12.0 Å². The van der Waals surface area contributed by atoms with Gasteiger partial charge in [-0.2, -0.15) is 0 Å². The zero-order valence-corrected chi connectivity index (χ0v) is 24.8. The maximum absolute atomic E-state index is 11.5. The van der Waals surface area contributed by atoms with Crippen LogP contribution < -0.4 is 4.74 Å². The Hall–Kier alpha value is -3.52. The monoisotopic (exact) mass is 582 g/mol. The lowest BCUT2D eigenvalue weighted by Gasteiger charge is -2.36. The summed E-state index contributed by atoms with van der Waals surface area (Å²) in [6, 6.07) is 38.2. The highest BCUT2D eigenvalue weighted by atomic mass is 16.6. The van der Waals surface area contributed by atoms with E-state index in [0.29, 0.717) is 45.9 Å². The molecule has 0 aliphatic heterocycles. The van der Waals surface area contributed by atoms with Crippen molar-refractivity contribution >= 4 is 0 Å². The predicted octanol–water partition coefficient (Wildman–Crippen LogP) is 6.74. The van der Waals surface area contributed by atoms with Gasteiger partial charge in [-0.05, 0) is 47.2 Å². The molecule has 43 heavy (non-hydrogen) atoms. The molecule has 1 saturated carbocycles. The molecular formula is C37H42O6. The van der Waals surface area contributed by atoms with Gasteiger partial charge in [0.2, 0.25) is 0 Å². The lowest BCUT2D eigenvalue weighted by molar-refractivity contribution is -0.167. The number of hydrogen-bond acceptors (Lipinski definition) is 6. The van der Waals surface area contributed by atoms with E-state index in [1.54, 1.807) is 7.11 Å². The second kappa shape index (κ2) is 16.4. The van der Waals surface area contributed by atoms with Crippen LogP contribution in [0.5, 0.6) is 5.75 Å². The van der Waals surface area contributed by atoms with Gasteiger partial charge in [-0.3, -0.25) is 0 Å². The van der Waals surface area contributed by atoms with Crippen LogP contribution in [0.15, 0.2) is 115 Å². The Morgan fingerprint density at radius 1 is 0.558 bits per heavy atom. The standard InChI is InChI=1S/C37H42O6/c1-39-32-19-17-31(18-20-32)24-41-35-22-21-34(38)37(43-26-30-15-9-4-10-16-30)36(42-25-29-13-7-3-8-14-29)33(35)27-40-23-28-11-5-2-6-12-28/h2-20,33-38H,21-27H2,1H3/t33-,34+,35-,36+,37+/m0/s1. The number of benzene rings is 4. The first-order valence-corrected chi connectivity index (χ1v) is 15.0. The number of aliphatic hydroxyl groups is 1. The van der Waals surface area contributed by atoms with Gasteiger partial charge in [0.1, 0.15) is 11.9 Å². The van der Waals surface area contributed by atoms with Crippen LogP contribution in [0.2, 0.25) is 0 Å². The Morgan fingerprint density at radius 3 is 1.60 bits per heavy atom. The quantitative estimate of drug-likeness (QED) is 0.166. The fourth-order valence-corrected chi connectivity index (χ4v) is 5.57. The number of methoxy groups -OCH3 is 1. The van der Waals surface area contributed by atoms with Gasteiger partial charge in [-0.25, -0.2) is 0 Å². The van der Waals surface area contributed by atoms with Crippen molar-refractivity contribution in [3.05, 3.63) is 138 Å². The molecule has 1 aliphatic carbocycles. The van der Waals surface area contributed by atoms with E-state index in [1.807, 2.05) is 103 Å². The molecule has 5 rings (SSSR count). The van der Waals surface area contributed by atoms with E-state index < -0.39 is 18.3 Å². The average molecular weight is 583 g/mol. The largest absolute Gasteiger partial charge is 0.497 e. The molecule has 5 atom stereocenters. The van der Waals surface area contributed by atoms with Crippen LogP contribution in [-0.4, -0.2) is 43.2 Å². The Labute approximate surface area is 255 Å². The zero-order valence-electron chi connectivity index (χ0n) is 24.8. The minimum absolute atomic E-state index is 0.177. The second-order valence-electron chi connectivity index (χ2n) is 11.0. The minimum Gasteiger partial charge on any atom is -0.497 e. The summed E-state index contributed by atoms with van der Waals surface area (Å²) < 4.78 is 31.5. The highest BCUT2D eigenvalue weighted by Gasteiger charge is 2.43. The van der Waals surface area contributed by atoms with Gasteiger partial charge in [0, 0.05) is 5.92 Å². The summed E-state index contributed by atoms with van der Waals surface area (Å²) in [5.74, 6) is 0.630. The number of ether oxygens (including phenoxy) is 5. The third-order valence-corrected chi connectivity index (χ3v) is 7.97. The first kappa shape index (κ1) is 30.9. The highest BCUT2D eigenvalue weighted by molar-refractivity contribution is 5.26. The molecule has 226 valence electrons. The maximum atomic E-state index is 11.5. The van der Waals surface area contributed by atoms with Crippen LogP contribution in [0.1, 0.15) is 35.1 Å². The van der Waals surface area contributed by atoms with Gasteiger partial charge in [-0.1, -0.05) is 103 Å². The summed E-state index contributed by atoms with van der Waals surface area (Å²) in [7, 11) is 1.66. The number of hydrogen-bond donors (Lipinski definition) is 1.